The standard InChI is InChI=1S/C22H22N4O3/c27-22-4-2-18(16-5-8-23-9-6-16)25-26(22)20-14-28-13-19(20)24-12-15-1-3-21-17(11-15)7-10-29-21/h1-6,8-9,11,19-20,24H,7,10,12-14H2. The number of nitrogens with one attached hydrogen (secondary N) is 1. The Morgan fingerprint density at radius 3 is 2.90 bits per heavy atom. The van der Waals surface area contributed by atoms with E-state index in [0.717, 1.165) is 30.0 Å². The van der Waals surface area contributed by atoms with Crippen LogP contribution in [0.4, 0.5) is 0 Å². The van der Waals surface area contributed by atoms with E-state index in [1.54, 1.807) is 29.2 Å². The van der Waals surface area contributed by atoms with Crippen molar-refractivity contribution in [2.24, 2.45) is 0 Å². The van der Waals surface area contributed by atoms with Gasteiger partial charge < -0.3 is 14.8 Å². The minimum Gasteiger partial charge on any atom is -0.493 e. The number of ether oxygens (including phenoxy) is 2. The molecule has 2 aliphatic heterocycles. The fraction of sp³-hybridized carbons (Fsp3) is 0.318. The van der Waals surface area contributed by atoms with Crippen LogP contribution in [0, 0.1) is 0 Å². The highest BCUT2D eigenvalue weighted by molar-refractivity contribution is 5.57. The van der Waals surface area contributed by atoms with Gasteiger partial charge in [-0.15, -0.1) is 0 Å². The van der Waals surface area contributed by atoms with Gasteiger partial charge in [0.05, 0.1) is 37.6 Å². The molecule has 4 heterocycles. The highest BCUT2D eigenvalue weighted by Crippen LogP contribution is 2.26. The van der Waals surface area contributed by atoms with Crippen molar-refractivity contribution in [3.05, 3.63) is 76.3 Å². The summed E-state index contributed by atoms with van der Waals surface area (Å²) in [6.07, 6.45) is 4.40. The van der Waals surface area contributed by atoms with Crippen LogP contribution >= 0.6 is 0 Å². The molecule has 1 fully saturated rings. The average molecular weight is 390 g/mol. The SMILES string of the molecule is O=c1ccc(-c2ccncc2)nn1C1COCC1NCc1ccc2c(c1)CCO2. The minimum atomic E-state index is -0.151. The van der Waals surface area contributed by atoms with Gasteiger partial charge in [-0.2, -0.15) is 5.10 Å². The fourth-order valence-corrected chi connectivity index (χ4v) is 3.92. The summed E-state index contributed by atoms with van der Waals surface area (Å²) in [4.78, 5) is 16.6. The zero-order valence-corrected chi connectivity index (χ0v) is 16.0. The summed E-state index contributed by atoms with van der Waals surface area (Å²) >= 11 is 0. The van der Waals surface area contributed by atoms with Gasteiger partial charge >= 0.3 is 0 Å². The molecule has 7 nitrogen and oxygen atoms in total. The van der Waals surface area contributed by atoms with E-state index in [1.807, 2.05) is 18.2 Å². The molecule has 1 aromatic carbocycles. The van der Waals surface area contributed by atoms with Crippen LogP contribution in [0.1, 0.15) is 17.2 Å². The largest absolute Gasteiger partial charge is 0.493 e. The zero-order chi connectivity index (χ0) is 19.6. The van der Waals surface area contributed by atoms with Gasteiger partial charge in [0, 0.05) is 37.0 Å². The predicted octanol–water partition coefficient (Wildman–Crippen LogP) is 1.97. The van der Waals surface area contributed by atoms with Crippen molar-refractivity contribution in [2.75, 3.05) is 19.8 Å². The van der Waals surface area contributed by atoms with Gasteiger partial charge in [-0.25, -0.2) is 4.68 Å². The Morgan fingerprint density at radius 2 is 2.00 bits per heavy atom. The molecule has 2 unspecified atom stereocenters. The minimum absolute atomic E-state index is 0.0115. The number of nitrogens with zero attached hydrogens (tertiary/aromatic N) is 3. The summed E-state index contributed by atoms with van der Waals surface area (Å²) < 4.78 is 12.8. The van der Waals surface area contributed by atoms with Crippen molar-refractivity contribution in [2.45, 2.75) is 25.0 Å². The van der Waals surface area contributed by atoms with E-state index in [0.29, 0.717) is 19.8 Å². The smallest absolute Gasteiger partial charge is 0.267 e. The van der Waals surface area contributed by atoms with Crippen LogP contribution in [0.3, 0.4) is 0 Å². The Morgan fingerprint density at radius 1 is 1.10 bits per heavy atom. The van der Waals surface area contributed by atoms with Gasteiger partial charge in [0.1, 0.15) is 5.75 Å². The normalized spacial score (nSPS) is 20.4. The second-order valence-corrected chi connectivity index (χ2v) is 7.37. The van der Waals surface area contributed by atoms with Crippen molar-refractivity contribution in [3.8, 4) is 17.0 Å². The molecular weight excluding hydrogens is 368 g/mol. The van der Waals surface area contributed by atoms with E-state index in [2.05, 4.69) is 27.5 Å². The van der Waals surface area contributed by atoms with Crippen LogP contribution in [0.15, 0.2) is 59.7 Å². The predicted molar refractivity (Wildman–Crippen MR) is 108 cm³/mol. The Labute approximate surface area is 168 Å². The Hall–Kier alpha value is -3.03. The van der Waals surface area contributed by atoms with Crippen molar-refractivity contribution >= 4 is 0 Å². The van der Waals surface area contributed by atoms with Gasteiger partial charge in [0.25, 0.3) is 5.56 Å². The molecule has 0 spiro atoms. The Balaban J connectivity index is 1.35. The lowest BCUT2D eigenvalue weighted by atomic mass is 10.1. The molecule has 2 aliphatic rings. The quantitative estimate of drug-likeness (QED) is 0.718. The number of fused-ring (bicyclic) bond motifs is 1. The van der Waals surface area contributed by atoms with E-state index in [1.165, 1.54) is 11.1 Å². The molecule has 0 saturated carbocycles. The van der Waals surface area contributed by atoms with Gasteiger partial charge in [0.15, 0.2) is 0 Å². The molecule has 1 saturated heterocycles. The number of aromatic nitrogens is 3. The summed E-state index contributed by atoms with van der Waals surface area (Å²) in [7, 11) is 0. The van der Waals surface area contributed by atoms with Gasteiger partial charge in [-0.05, 0) is 35.4 Å². The molecular formula is C22H22N4O3. The van der Waals surface area contributed by atoms with E-state index in [9.17, 15) is 4.79 Å². The molecule has 0 radical (unpaired) electrons. The molecule has 0 aliphatic carbocycles. The zero-order valence-electron chi connectivity index (χ0n) is 16.0. The molecule has 3 aromatic rings. The van der Waals surface area contributed by atoms with Crippen molar-refractivity contribution in [1.29, 1.82) is 0 Å². The number of pyridine rings is 1. The highest BCUT2D eigenvalue weighted by atomic mass is 16.5. The van der Waals surface area contributed by atoms with Crippen molar-refractivity contribution in [1.82, 2.24) is 20.1 Å². The van der Waals surface area contributed by atoms with Crippen molar-refractivity contribution in [3.63, 3.8) is 0 Å². The molecule has 0 amide bonds. The van der Waals surface area contributed by atoms with E-state index in [-0.39, 0.29) is 17.6 Å². The maximum Gasteiger partial charge on any atom is 0.267 e. The van der Waals surface area contributed by atoms with Crippen LogP contribution in [0.5, 0.6) is 5.75 Å². The second kappa shape index (κ2) is 7.77. The summed E-state index contributed by atoms with van der Waals surface area (Å²) in [6, 6.07) is 13.2. The van der Waals surface area contributed by atoms with Crippen LogP contribution in [0.25, 0.3) is 11.3 Å². The summed E-state index contributed by atoms with van der Waals surface area (Å²) in [5.74, 6) is 0.986. The van der Waals surface area contributed by atoms with Gasteiger partial charge in [-0.3, -0.25) is 9.78 Å². The molecule has 7 heteroatoms. The maximum absolute atomic E-state index is 12.5. The highest BCUT2D eigenvalue weighted by Gasteiger charge is 2.31. The van der Waals surface area contributed by atoms with Crippen LogP contribution in [-0.2, 0) is 17.7 Å². The maximum atomic E-state index is 12.5. The molecule has 29 heavy (non-hydrogen) atoms. The van der Waals surface area contributed by atoms with E-state index in [4.69, 9.17) is 9.47 Å². The second-order valence-electron chi connectivity index (χ2n) is 7.37. The third-order valence-electron chi connectivity index (χ3n) is 5.49. The molecule has 5 rings (SSSR count). The number of rotatable bonds is 5. The summed E-state index contributed by atoms with van der Waals surface area (Å²) in [5, 5.41) is 8.17. The Kier molecular flexibility index (Phi) is 4.83. The molecule has 0 bridgehead atoms. The average Bonchev–Trinajstić information content (AvgIpc) is 3.42. The Bertz CT molecular complexity index is 1070. The molecule has 1 N–H and O–H groups in total. The molecule has 2 atom stereocenters. The van der Waals surface area contributed by atoms with E-state index >= 15 is 0 Å². The van der Waals surface area contributed by atoms with Crippen LogP contribution in [-0.4, -0.2) is 40.6 Å². The topological polar surface area (TPSA) is 78.3 Å². The lowest BCUT2D eigenvalue weighted by Crippen LogP contribution is -2.41. The summed E-state index contributed by atoms with van der Waals surface area (Å²) in [5.41, 5.74) is 4.01. The summed E-state index contributed by atoms with van der Waals surface area (Å²) in [6.45, 7) is 2.47. The van der Waals surface area contributed by atoms with Crippen LogP contribution < -0.4 is 15.6 Å². The van der Waals surface area contributed by atoms with Crippen molar-refractivity contribution < 1.29 is 9.47 Å². The fourth-order valence-electron chi connectivity index (χ4n) is 3.92. The lowest BCUT2D eigenvalue weighted by Gasteiger charge is -2.21. The molecule has 2 aromatic heterocycles. The number of hydrogen-bond donors (Lipinski definition) is 1. The van der Waals surface area contributed by atoms with Crippen LogP contribution in [0.2, 0.25) is 0 Å². The lowest BCUT2D eigenvalue weighted by molar-refractivity contribution is 0.181. The van der Waals surface area contributed by atoms with E-state index < -0.39 is 0 Å². The number of benzene rings is 1. The number of hydrogen-bond acceptors (Lipinski definition) is 6. The first kappa shape index (κ1) is 18.0. The van der Waals surface area contributed by atoms with Gasteiger partial charge in [0.2, 0.25) is 0 Å². The first-order valence-corrected chi connectivity index (χ1v) is 9.84. The first-order chi connectivity index (χ1) is 14.3. The third kappa shape index (κ3) is 3.66. The first-order valence-electron chi connectivity index (χ1n) is 9.84. The monoisotopic (exact) mass is 390 g/mol. The molecule has 148 valence electrons. The van der Waals surface area contributed by atoms with Gasteiger partial charge in [-0.1, -0.05) is 12.1 Å². The third-order valence-corrected chi connectivity index (χ3v) is 5.49.